The lowest BCUT2D eigenvalue weighted by molar-refractivity contribution is 0.0725. The lowest BCUT2D eigenvalue weighted by atomic mass is 9.67. The summed E-state index contributed by atoms with van der Waals surface area (Å²) in [5, 5.41) is 7.22. The van der Waals surface area contributed by atoms with Crippen LogP contribution in [-0.4, -0.2) is 23.1 Å². The number of carbonyl (C=O) groups is 1. The fourth-order valence-electron chi connectivity index (χ4n) is 4.37. The van der Waals surface area contributed by atoms with Crippen LogP contribution in [0, 0.1) is 11.8 Å². The molecule has 2 aliphatic rings. The number of amides is 1. The number of benzene rings is 1. The molecule has 0 saturated heterocycles. The standard InChI is InChI=1S/C19H23N3O2.ClH/c20-15-9-13-7-4-8-14(10-15)18(13)21-19(23)17-11-16(22-24-17)12-5-2-1-3-6-12;/h1-3,5-6,11,13-15,18H,4,7-10,20H2,(H,21,23);1H. The second-order valence-corrected chi connectivity index (χ2v) is 7.12. The Morgan fingerprint density at radius 2 is 1.84 bits per heavy atom. The molecule has 0 radical (unpaired) electrons. The molecular formula is C19H24ClN3O2. The largest absolute Gasteiger partial charge is 0.350 e. The highest BCUT2D eigenvalue weighted by molar-refractivity contribution is 5.92. The number of nitrogens with one attached hydrogen (secondary N) is 1. The SMILES string of the molecule is Cl.NC1CC2CCCC(C1)C2NC(=O)c1cc(-c2ccccc2)no1. The highest BCUT2D eigenvalue weighted by atomic mass is 35.5. The van der Waals surface area contributed by atoms with Crippen LogP contribution in [-0.2, 0) is 0 Å². The van der Waals surface area contributed by atoms with Gasteiger partial charge in [-0.15, -0.1) is 12.4 Å². The van der Waals surface area contributed by atoms with Crippen LogP contribution in [0.5, 0.6) is 0 Å². The average Bonchev–Trinajstić information content (AvgIpc) is 3.07. The van der Waals surface area contributed by atoms with Crippen molar-refractivity contribution in [3.63, 3.8) is 0 Å². The Kier molecular flexibility index (Phi) is 5.45. The van der Waals surface area contributed by atoms with E-state index in [4.69, 9.17) is 10.3 Å². The minimum Gasteiger partial charge on any atom is -0.350 e. The molecular weight excluding hydrogens is 338 g/mol. The van der Waals surface area contributed by atoms with Crippen molar-refractivity contribution < 1.29 is 9.32 Å². The number of hydrogen-bond donors (Lipinski definition) is 2. The fourth-order valence-corrected chi connectivity index (χ4v) is 4.37. The molecule has 2 saturated carbocycles. The number of carbonyl (C=O) groups excluding carboxylic acids is 1. The van der Waals surface area contributed by atoms with Crippen molar-refractivity contribution >= 4 is 18.3 Å². The minimum absolute atomic E-state index is 0. The maximum absolute atomic E-state index is 12.6. The summed E-state index contributed by atoms with van der Waals surface area (Å²) in [5.41, 5.74) is 7.79. The van der Waals surface area contributed by atoms with Gasteiger partial charge in [-0.3, -0.25) is 4.79 Å². The minimum atomic E-state index is -0.165. The third-order valence-electron chi connectivity index (χ3n) is 5.48. The van der Waals surface area contributed by atoms with E-state index >= 15 is 0 Å². The van der Waals surface area contributed by atoms with E-state index in [1.807, 2.05) is 30.3 Å². The molecule has 2 aliphatic carbocycles. The molecule has 2 aromatic rings. The van der Waals surface area contributed by atoms with Gasteiger partial charge in [0.25, 0.3) is 5.91 Å². The third-order valence-corrected chi connectivity index (χ3v) is 5.48. The van der Waals surface area contributed by atoms with Gasteiger partial charge < -0.3 is 15.6 Å². The summed E-state index contributed by atoms with van der Waals surface area (Å²) in [4.78, 5) is 12.6. The summed E-state index contributed by atoms with van der Waals surface area (Å²) in [6, 6.07) is 11.9. The van der Waals surface area contributed by atoms with Crippen LogP contribution >= 0.6 is 12.4 Å². The average molecular weight is 362 g/mol. The van der Waals surface area contributed by atoms with E-state index in [-0.39, 0.29) is 36.2 Å². The number of hydrogen-bond acceptors (Lipinski definition) is 4. The smallest absolute Gasteiger partial charge is 0.290 e. The number of halogens is 1. The Balaban J connectivity index is 0.00000182. The first-order chi connectivity index (χ1) is 11.7. The Morgan fingerprint density at radius 3 is 2.52 bits per heavy atom. The van der Waals surface area contributed by atoms with E-state index in [0.717, 1.165) is 31.2 Å². The van der Waals surface area contributed by atoms with Crippen LogP contribution in [0.4, 0.5) is 0 Å². The molecule has 0 aliphatic heterocycles. The number of nitrogens with zero attached hydrogens (tertiary/aromatic N) is 1. The molecule has 2 atom stereocenters. The molecule has 25 heavy (non-hydrogen) atoms. The van der Waals surface area contributed by atoms with Crippen molar-refractivity contribution in [2.75, 3.05) is 0 Å². The lowest BCUT2D eigenvalue weighted by Gasteiger charge is -2.45. The summed E-state index contributed by atoms with van der Waals surface area (Å²) in [7, 11) is 0. The summed E-state index contributed by atoms with van der Waals surface area (Å²) in [6.45, 7) is 0. The predicted octanol–water partition coefficient (Wildman–Crippen LogP) is 3.40. The van der Waals surface area contributed by atoms with Gasteiger partial charge in [-0.05, 0) is 37.5 Å². The maximum Gasteiger partial charge on any atom is 0.290 e. The second-order valence-electron chi connectivity index (χ2n) is 7.12. The topological polar surface area (TPSA) is 81.1 Å². The van der Waals surface area contributed by atoms with Gasteiger partial charge in [0.05, 0.1) is 0 Å². The monoisotopic (exact) mass is 361 g/mol. The zero-order valence-corrected chi connectivity index (χ0v) is 14.9. The Bertz CT molecular complexity index is 704. The van der Waals surface area contributed by atoms with Crippen molar-refractivity contribution in [1.82, 2.24) is 10.5 Å². The van der Waals surface area contributed by atoms with E-state index < -0.39 is 0 Å². The molecule has 1 heterocycles. The number of aromatic nitrogens is 1. The molecule has 2 fully saturated rings. The quantitative estimate of drug-likeness (QED) is 0.877. The van der Waals surface area contributed by atoms with Crippen molar-refractivity contribution in [1.29, 1.82) is 0 Å². The molecule has 1 aromatic heterocycles. The zero-order valence-electron chi connectivity index (χ0n) is 14.1. The van der Waals surface area contributed by atoms with E-state index in [0.29, 0.717) is 17.5 Å². The highest BCUT2D eigenvalue weighted by Crippen LogP contribution is 2.39. The summed E-state index contributed by atoms with van der Waals surface area (Å²) in [6.07, 6.45) is 5.57. The van der Waals surface area contributed by atoms with Crippen LogP contribution in [0.3, 0.4) is 0 Å². The molecule has 5 nitrogen and oxygen atoms in total. The normalized spacial score (nSPS) is 28.0. The van der Waals surface area contributed by atoms with Crippen molar-refractivity contribution in [2.24, 2.45) is 17.6 Å². The zero-order chi connectivity index (χ0) is 16.5. The molecule has 1 amide bonds. The van der Waals surface area contributed by atoms with Gasteiger partial charge in [0.15, 0.2) is 0 Å². The first kappa shape index (κ1) is 18.0. The van der Waals surface area contributed by atoms with E-state index in [9.17, 15) is 4.79 Å². The predicted molar refractivity (Wildman–Crippen MR) is 98.5 cm³/mol. The van der Waals surface area contributed by atoms with Crippen molar-refractivity contribution in [3.05, 3.63) is 42.2 Å². The van der Waals surface area contributed by atoms with Crippen LogP contribution in [0.15, 0.2) is 40.9 Å². The summed E-state index contributed by atoms with van der Waals surface area (Å²) in [5.74, 6) is 1.10. The summed E-state index contributed by atoms with van der Waals surface area (Å²) >= 11 is 0. The lowest BCUT2D eigenvalue weighted by Crippen LogP contribution is -2.53. The molecule has 6 heteroatoms. The number of fused-ring (bicyclic) bond motifs is 2. The van der Waals surface area contributed by atoms with Gasteiger partial charge in [-0.1, -0.05) is 41.9 Å². The highest BCUT2D eigenvalue weighted by Gasteiger charge is 2.40. The Labute approximate surface area is 153 Å². The van der Waals surface area contributed by atoms with Crippen LogP contribution in [0.2, 0.25) is 0 Å². The van der Waals surface area contributed by atoms with Gasteiger partial charge in [-0.25, -0.2) is 0 Å². The van der Waals surface area contributed by atoms with Crippen LogP contribution in [0.1, 0.15) is 42.7 Å². The maximum atomic E-state index is 12.6. The molecule has 3 N–H and O–H groups in total. The van der Waals surface area contributed by atoms with Crippen molar-refractivity contribution in [3.8, 4) is 11.3 Å². The second kappa shape index (κ2) is 7.58. The van der Waals surface area contributed by atoms with Crippen molar-refractivity contribution in [2.45, 2.75) is 44.2 Å². The van der Waals surface area contributed by atoms with Gasteiger partial charge >= 0.3 is 0 Å². The number of nitrogens with two attached hydrogens (primary N) is 1. The molecule has 4 rings (SSSR count). The Hall–Kier alpha value is -1.85. The van der Waals surface area contributed by atoms with Gasteiger partial charge in [0.1, 0.15) is 5.69 Å². The summed E-state index contributed by atoms with van der Waals surface area (Å²) < 4.78 is 5.28. The molecule has 0 spiro atoms. The van der Waals surface area contributed by atoms with Gasteiger partial charge in [0.2, 0.25) is 5.76 Å². The van der Waals surface area contributed by atoms with Gasteiger partial charge in [-0.2, -0.15) is 0 Å². The number of rotatable bonds is 3. The van der Waals surface area contributed by atoms with Gasteiger partial charge in [0, 0.05) is 23.7 Å². The third kappa shape index (κ3) is 3.72. The molecule has 1 aromatic carbocycles. The van der Waals surface area contributed by atoms with E-state index in [2.05, 4.69) is 10.5 Å². The Morgan fingerprint density at radius 1 is 1.16 bits per heavy atom. The van der Waals surface area contributed by atoms with Crippen LogP contribution in [0.25, 0.3) is 11.3 Å². The fraction of sp³-hybridized carbons (Fsp3) is 0.474. The molecule has 2 bridgehead atoms. The molecule has 134 valence electrons. The van der Waals surface area contributed by atoms with E-state index in [1.165, 1.54) is 6.42 Å². The van der Waals surface area contributed by atoms with E-state index in [1.54, 1.807) is 6.07 Å². The van der Waals surface area contributed by atoms with Crippen LogP contribution < -0.4 is 11.1 Å². The first-order valence-corrected chi connectivity index (χ1v) is 8.79. The molecule has 2 unspecified atom stereocenters. The first-order valence-electron chi connectivity index (χ1n) is 8.79.